The highest BCUT2D eigenvalue weighted by atomic mass is 16.1. The zero-order chi connectivity index (χ0) is 13.3. The fourth-order valence-corrected chi connectivity index (χ4v) is 2.07. The van der Waals surface area contributed by atoms with E-state index in [9.17, 15) is 4.79 Å². The summed E-state index contributed by atoms with van der Waals surface area (Å²) in [6.45, 7) is 8.52. The van der Waals surface area contributed by atoms with Gasteiger partial charge in [0.25, 0.3) is 5.56 Å². The maximum atomic E-state index is 12.0. The van der Waals surface area contributed by atoms with Crippen molar-refractivity contribution in [1.82, 2.24) is 14.6 Å². The summed E-state index contributed by atoms with van der Waals surface area (Å²) in [5.41, 5.74) is 1.77. The van der Waals surface area contributed by atoms with Crippen molar-refractivity contribution in [1.29, 1.82) is 0 Å². The number of fused-ring (bicyclic) bond motifs is 1. The molecule has 2 aromatic heterocycles. The van der Waals surface area contributed by atoms with Crippen molar-refractivity contribution in [2.24, 2.45) is 5.92 Å². The minimum absolute atomic E-state index is 0.0230. The molecule has 4 heteroatoms. The number of rotatable bonds is 4. The maximum absolute atomic E-state index is 12.0. The number of nitrogens with one attached hydrogen (secondary N) is 1. The van der Waals surface area contributed by atoms with Crippen LogP contribution in [0.15, 0.2) is 16.9 Å². The van der Waals surface area contributed by atoms with E-state index in [0.29, 0.717) is 11.8 Å². The second-order valence-electron chi connectivity index (χ2n) is 5.41. The predicted octanol–water partition coefficient (Wildman–Crippen LogP) is 2.73. The Morgan fingerprint density at radius 1 is 1.33 bits per heavy atom. The van der Waals surface area contributed by atoms with E-state index in [0.717, 1.165) is 29.9 Å². The fraction of sp³-hybridized carbons (Fsp3) is 0.571. The van der Waals surface area contributed by atoms with Crippen LogP contribution in [0.2, 0.25) is 0 Å². The van der Waals surface area contributed by atoms with Crippen LogP contribution in [0.4, 0.5) is 0 Å². The van der Waals surface area contributed by atoms with Crippen LogP contribution in [-0.4, -0.2) is 14.6 Å². The van der Waals surface area contributed by atoms with Crippen molar-refractivity contribution in [3.8, 4) is 0 Å². The molecule has 2 aromatic rings. The minimum Gasteiger partial charge on any atom is -0.276 e. The second kappa shape index (κ2) is 4.96. The molecule has 18 heavy (non-hydrogen) atoms. The van der Waals surface area contributed by atoms with Crippen molar-refractivity contribution >= 4 is 5.65 Å². The molecular weight excluding hydrogens is 226 g/mol. The molecule has 0 bridgehead atoms. The van der Waals surface area contributed by atoms with Crippen LogP contribution in [0.1, 0.15) is 51.4 Å². The number of pyridine rings is 1. The molecule has 0 aliphatic rings. The third kappa shape index (κ3) is 2.47. The Labute approximate surface area is 107 Å². The molecular formula is C14H21N3O. The summed E-state index contributed by atoms with van der Waals surface area (Å²) in [5.74, 6) is 1.77. The normalized spacial score (nSPS) is 13.4. The Kier molecular flexibility index (Phi) is 3.55. The average Bonchev–Trinajstić information content (AvgIpc) is 2.71. The molecule has 1 atom stereocenters. The molecule has 0 spiro atoms. The largest absolute Gasteiger partial charge is 0.276 e. The molecule has 0 aliphatic carbocycles. The Hall–Kier alpha value is -1.58. The SMILES string of the molecule is CCC(C)c1nc2cc(CC(C)C)cc(=O)n2[nH]1. The number of hydrogen-bond donors (Lipinski definition) is 1. The third-order valence-electron chi connectivity index (χ3n) is 3.26. The number of aromatic amines is 1. The molecule has 0 aromatic carbocycles. The first-order valence-electron chi connectivity index (χ1n) is 6.62. The number of hydrogen-bond acceptors (Lipinski definition) is 2. The van der Waals surface area contributed by atoms with Crippen molar-refractivity contribution in [2.45, 2.75) is 46.5 Å². The number of aromatic nitrogens is 3. The summed E-state index contributed by atoms with van der Waals surface area (Å²) in [6.07, 6.45) is 1.92. The van der Waals surface area contributed by atoms with Gasteiger partial charge < -0.3 is 0 Å². The average molecular weight is 247 g/mol. The van der Waals surface area contributed by atoms with Gasteiger partial charge in [-0.1, -0.05) is 27.7 Å². The zero-order valence-corrected chi connectivity index (χ0v) is 11.5. The first-order chi connectivity index (χ1) is 8.51. The lowest BCUT2D eigenvalue weighted by Gasteiger charge is -2.03. The monoisotopic (exact) mass is 247 g/mol. The van der Waals surface area contributed by atoms with E-state index in [1.54, 1.807) is 6.07 Å². The maximum Gasteiger partial charge on any atom is 0.271 e. The van der Waals surface area contributed by atoms with Gasteiger partial charge in [-0.3, -0.25) is 9.89 Å². The van der Waals surface area contributed by atoms with Gasteiger partial charge in [0.2, 0.25) is 0 Å². The van der Waals surface area contributed by atoms with Gasteiger partial charge in [-0.2, -0.15) is 0 Å². The first kappa shape index (κ1) is 12.9. The summed E-state index contributed by atoms with van der Waals surface area (Å²) in [4.78, 5) is 16.5. The molecule has 0 fully saturated rings. The smallest absolute Gasteiger partial charge is 0.271 e. The van der Waals surface area contributed by atoms with Crippen LogP contribution in [-0.2, 0) is 6.42 Å². The predicted molar refractivity (Wildman–Crippen MR) is 73.1 cm³/mol. The molecule has 98 valence electrons. The van der Waals surface area contributed by atoms with Crippen molar-refractivity contribution in [3.05, 3.63) is 33.9 Å². The van der Waals surface area contributed by atoms with Gasteiger partial charge in [0, 0.05) is 12.0 Å². The van der Waals surface area contributed by atoms with Crippen LogP contribution in [0, 0.1) is 5.92 Å². The van der Waals surface area contributed by atoms with Gasteiger partial charge in [-0.05, 0) is 30.4 Å². The number of nitrogens with zero attached hydrogens (tertiary/aromatic N) is 2. The molecule has 0 saturated heterocycles. The highest BCUT2D eigenvalue weighted by Gasteiger charge is 2.11. The van der Waals surface area contributed by atoms with Gasteiger partial charge in [0.15, 0.2) is 5.65 Å². The van der Waals surface area contributed by atoms with Crippen molar-refractivity contribution < 1.29 is 0 Å². The second-order valence-corrected chi connectivity index (χ2v) is 5.41. The van der Waals surface area contributed by atoms with E-state index in [-0.39, 0.29) is 5.56 Å². The Morgan fingerprint density at radius 2 is 2.06 bits per heavy atom. The minimum atomic E-state index is -0.0230. The third-order valence-corrected chi connectivity index (χ3v) is 3.26. The standard InChI is InChI=1S/C14H21N3O/c1-5-10(4)14-15-12-7-11(6-9(2)3)8-13(18)17(12)16-14/h7-10H,5-6H2,1-4H3,(H,15,16). The summed E-state index contributed by atoms with van der Waals surface area (Å²) in [6, 6.07) is 3.70. The van der Waals surface area contributed by atoms with Crippen molar-refractivity contribution in [2.75, 3.05) is 0 Å². The molecule has 2 rings (SSSR count). The van der Waals surface area contributed by atoms with E-state index in [4.69, 9.17) is 0 Å². The van der Waals surface area contributed by atoms with E-state index in [1.165, 1.54) is 4.52 Å². The fourth-order valence-electron chi connectivity index (χ4n) is 2.07. The van der Waals surface area contributed by atoms with E-state index in [1.807, 2.05) is 6.07 Å². The van der Waals surface area contributed by atoms with Crippen molar-refractivity contribution in [3.63, 3.8) is 0 Å². The van der Waals surface area contributed by atoms with Crippen LogP contribution in [0.25, 0.3) is 5.65 Å². The zero-order valence-electron chi connectivity index (χ0n) is 11.5. The van der Waals surface area contributed by atoms with E-state index in [2.05, 4.69) is 37.8 Å². The lowest BCUT2D eigenvalue weighted by Crippen LogP contribution is -2.14. The van der Waals surface area contributed by atoms with Gasteiger partial charge in [0.05, 0.1) is 0 Å². The summed E-state index contributed by atoms with van der Waals surface area (Å²) in [5, 5.41) is 3.09. The molecule has 2 heterocycles. The Morgan fingerprint density at radius 3 is 2.67 bits per heavy atom. The van der Waals surface area contributed by atoms with Crippen LogP contribution >= 0.6 is 0 Å². The van der Waals surface area contributed by atoms with Gasteiger partial charge in [-0.25, -0.2) is 9.50 Å². The molecule has 1 unspecified atom stereocenters. The highest BCUT2D eigenvalue weighted by Crippen LogP contribution is 2.15. The topological polar surface area (TPSA) is 50.2 Å². The molecule has 0 amide bonds. The molecule has 1 N–H and O–H groups in total. The molecule has 0 aliphatic heterocycles. The molecule has 0 radical (unpaired) electrons. The summed E-state index contributed by atoms with van der Waals surface area (Å²) >= 11 is 0. The molecule has 0 saturated carbocycles. The lowest BCUT2D eigenvalue weighted by molar-refractivity contribution is 0.645. The van der Waals surface area contributed by atoms with Gasteiger partial charge in [0.1, 0.15) is 5.82 Å². The van der Waals surface area contributed by atoms with E-state index >= 15 is 0 Å². The summed E-state index contributed by atoms with van der Waals surface area (Å²) in [7, 11) is 0. The lowest BCUT2D eigenvalue weighted by atomic mass is 10.0. The molecule has 4 nitrogen and oxygen atoms in total. The van der Waals surface area contributed by atoms with E-state index < -0.39 is 0 Å². The van der Waals surface area contributed by atoms with Gasteiger partial charge in [-0.15, -0.1) is 0 Å². The van der Waals surface area contributed by atoms with Crippen LogP contribution in [0.5, 0.6) is 0 Å². The van der Waals surface area contributed by atoms with Gasteiger partial charge >= 0.3 is 0 Å². The van der Waals surface area contributed by atoms with Crippen LogP contribution in [0.3, 0.4) is 0 Å². The van der Waals surface area contributed by atoms with Crippen LogP contribution < -0.4 is 5.56 Å². The first-order valence-corrected chi connectivity index (χ1v) is 6.62. The Balaban J connectivity index is 2.49. The Bertz CT molecular complexity index is 595. The highest BCUT2D eigenvalue weighted by molar-refractivity contribution is 5.41. The number of H-pyrrole nitrogens is 1. The summed E-state index contributed by atoms with van der Waals surface area (Å²) < 4.78 is 1.53. The quantitative estimate of drug-likeness (QED) is 0.903.